The zero-order valence-electron chi connectivity index (χ0n) is 7.88. The van der Waals surface area contributed by atoms with Crippen molar-refractivity contribution in [3.05, 3.63) is 0 Å². The van der Waals surface area contributed by atoms with E-state index >= 15 is 0 Å². The van der Waals surface area contributed by atoms with Gasteiger partial charge in [0.1, 0.15) is 5.78 Å². The van der Waals surface area contributed by atoms with E-state index in [-0.39, 0.29) is 5.78 Å². The van der Waals surface area contributed by atoms with Crippen LogP contribution in [0.3, 0.4) is 0 Å². The van der Waals surface area contributed by atoms with Gasteiger partial charge in [0.15, 0.2) is 0 Å². The normalized spacial score (nSPS) is 12.9. The largest absolute Gasteiger partial charge is 0.391 e. The highest BCUT2D eigenvalue weighted by molar-refractivity contribution is 5.77. The monoisotopic (exact) mass is 174 g/mol. The Morgan fingerprint density at radius 3 is 2.75 bits per heavy atom. The fourth-order valence-electron chi connectivity index (χ4n) is 0.987. The van der Waals surface area contributed by atoms with Crippen molar-refractivity contribution in [2.24, 2.45) is 0 Å². The molecular formula is C9H18O3. The van der Waals surface area contributed by atoms with Crippen LogP contribution in [0.2, 0.25) is 0 Å². The lowest BCUT2D eigenvalue weighted by molar-refractivity contribution is -0.118. The van der Waals surface area contributed by atoms with E-state index in [9.17, 15) is 9.90 Å². The standard InChI is InChI=1S/C9H18O3/c1-3-8(10)5-4-6-9(11)7-12-2/h9,11H,3-7H2,1-2H3. The van der Waals surface area contributed by atoms with Gasteiger partial charge in [0, 0.05) is 20.0 Å². The first-order valence-electron chi connectivity index (χ1n) is 4.39. The number of Topliss-reactive ketones (excluding diaryl/α,β-unsaturated/α-hetero) is 1. The Bertz CT molecular complexity index is 123. The molecule has 12 heavy (non-hydrogen) atoms. The van der Waals surface area contributed by atoms with Gasteiger partial charge in [-0.25, -0.2) is 0 Å². The fraction of sp³-hybridized carbons (Fsp3) is 0.889. The van der Waals surface area contributed by atoms with Crippen molar-refractivity contribution in [1.29, 1.82) is 0 Å². The minimum atomic E-state index is -0.417. The van der Waals surface area contributed by atoms with Gasteiger partial charge >= 0.3 is 0 Å². The summed E-state index contributed by atoms with van der Waals surface area (Å²) in [5.41, 5.74) is 0. The Hall–Kier alpha value is -0.410. The predicted octanol–water partition coefficient (Wildman–Crippen LogP) is 1.14. The second kappa shape index (κ2) is 7.25. The molecule has 0 rings (SSSR count). The number of carbonyl (C=O) groups is 1. The number of hydrogen-bond acceptors (Lipinski definition) is 3. The molecule has 72 valence electrons. The van der Waals surface area contributed by atoms with E-state index in [1.54, 1.807) is 7.11 Å². The molecule has 0 bridgehead atoms. The number of aliphatic hydroxyl groups excluding tert-OH is 1. The summed E-state index contributed by atoms with van der Waals surface area (Å²) in [6, 6.07) is 0. The second-order valence-electron chi connectivity index (χ2n) is 2.89. The van der Waals surface area contributed by atoms with E-state index in [0.717, 1.165) is 6.42 Å². The lowest BCUT2D eigenvalue weighted by atomic mass is 10.1. The lowest BCUT2D eigenvalue weighted by Crippen LogP contribution is -2.14. The highest BCUT2D eigenvalue weighted by Crippen LogP contribution is 2.03. The van der Waals surface area contributed by atoms with Gasteiger partial charge < -0.3 is 9.84 Å². The molecule has 3 heteroatoms. The minimum absolute atomic E-state index is 0.264. The van der Waals surface area contributed by atoms with Gasteiger partial charge in [-0.15, -0.1) is 0 Å². The highest BCUT2D eigenvalue weighted by Gasteiger charge is 2.04. The summed E-state index contributed by atoms with van der Waals surface area (Å²) in [7, 11) is 1.56. The van der Waals surface area contributed by atoms with Crippen LogP contribution in [0.5, 0.6) is 0 Å². The third-order valence-electron chi connectivity index (χ3n) is 1.75. The van der Waals surface area contributed by atoms with Crippen LogP contribution in [-0.2, 0) is 9.53 Å². The van der Waals surface area contributed by atoms with E-state index in [0.29, 0.717) is 25.9 Å². The van der Waals surface area contributed by atoms with Crippen molar-refractivity contribution in [1.82, 2.24) is 0 Å². The molecule has 0 heterocycles. The third-order valence-corrected chi connectivity index (χ3v) is 1.75. The predicted molar refractivity (Wildman–Crippen MR) is 47.0 cm³/mol. The molecule has 0 aliphatic rings. The first kappa shape index (κ1) is 11.6. The Kier molecular flexibility index (Phi) is 7.00. The van der Waals surface area contributed by atoms with E-state index in [4.69, 9.17) is 4.74 Å². The van der Waals surface area contributed by atoms with Gasteiger partial charge in [-0.2, -0.15) is 0 Å². The van der Waals surface area contributed by atoms with Gasteiger partial charge in [0.05, 0.1) is 12.7 Å². The van der Waals surface area contributed by atoms with Crippen LogP contribution in [0.1, 0.15) is 32.6 Å². The summed E-state index contributed by atoms with van der Waals surface area (Å²) < 4.78 is 4.75. The third kappa shape index (κ3) is 6.31. The molecule has 0 fully saturated rings. The summed E-state index contributed by atoms with van der Waals surface area (Å²) in [4.78, 5) is 10.8. The molecule has 3 nitrogen and oxygen atoms in total. The number of rotatable bonds is 7. The Morgan fingerprint density at radius 1 is 1.58 bits per heavy atom. The molecule has 1 N–H and O–H groups in total. The molecular weight excluding hydrogens is 156 g/mol. The van der Waals surface area contributed by atoms with Crippen LogP contribution in [0, 0.1) is 0 Å². The smallest absolute Gasteiger partial charge is 0.132 e. The van der Waals surface area contributed by atoms with Gasteiger partial charge in [0.2, 0.25) is 0 Å². The number of hydrogen-bond donors (Lipinski definition) is 1. The van der Waals surface area contributed by atoms with Crippen molar-refractivity contribution in [2.45, 2.75) is 38.7 Å². The van der Waals surface area contributed by atoms with Crippen LogP contribution in [-0.4, -0.2) is 30.7 Å². The fourth-order valence-corrected chi connectivity index (χ4v) is 0.987. The van der Waals surface area contributed by atoms with Gasteiger partial charge in [0.25, 0.3) is 0 Å². The average molecular weight is 174 g/mol. The van der Waals surface area contributed by atoms with Crippen LogP contribution in [0.4, 0.5) is 0 Å². The molecule has 0 amide bonds. The first-order chi connectivity index (χ1) is 5.70. The van der Waals surface area contributed by atoms with Gasteiger partial charge in [-0.05, 0) is 12.8 Å². The van der Waals surface area contributed by atoms with Crippen LogP contribution in [0.15, 0.2) is 0 Å². The van der Waals surface area contributed by atoms with Crippen molar-refractivity contribution in [3.8, 4) is 0 Å². The molecule has 1 atom stereocenters. The number of ketones is 1. The Balaban J connectivity index is 3.24. The molecule has 0 aliphatic heterocycles. The summed E-state index contributed by atoms with van der Waals surface area (Å²) in [5, 5.41) is 9.20. The van der Waals surface area contributed by atoms with Crippen molar-refractivity contribution in [2.75, 3.05) is 13.7 Å². The van der Waals surface area contributed by atoms with Gasteiger partial charge in [-0.1, -0.05) is 6.92 Å². The van der Waals surface area contributed by atoms with E-state index in [2.05, 4.69) is 0 Å². The number of aliphatic hydroxyl groups is 1. The van der Waals surface area contributed by atoms with Crippen molar-refractivity contribution in [3.63, 3.8) is 0 Å². The molecule has 0 aliphatic carbocycles. The van der Waals surface area contributed by atoms with Crippen molar-refractivity contribution < 1.29 is 14.6 Å². The number of carbonyl (C=O) groups excluding carboxylic acids is 1. The lowest BCUT2D eigenvalue weighted by Gasteiger charge is -2.07. The maximum Gasteiger partial charge on any atom is 0.132 e. The molecule has 0 spiro atoms. The average Bonchev–Trinajstić information content (AvgIpc) is 2.04. The Morgan fingerprint density at radius 2 is 2.25 bits per heavy atom. The topological polar surface area (TPSA) is 46.5 Å². The van der Waals surface area contributed by atoms with E-state index in [1.165, 1.54) is 0 Å². The maximum absolute atomic E-state index is 10.8. The molecule has 0 saturated heterocycles. The zero-order chi connectivity index (χ0) is 9.40. The van der Waals surface area contributed by atoms with Crippen molar-refractivity contribution >= 4 is 5.78 Å². The molecule has 0 aromatic heterocycles. The summed E-state index contributed by atoms with van der Waals surface area (Å²) in [6.07, 6.45) is 2.17. The van der Waals surface area contributed by atoms with Gasteiger partial charge in [-0.3, -0.25) is 4.79 Å². The second-order valence-corrected chi connectivity index (χ2v) is 2.89. The quantitative estimate of drug-likeness (QED) is 0.629. The zero-order valence-corrected chi connectivity index (χ0v) is 7.88. The Labute approximate surface area is 73.7 Å². The van der Waals surface area contributed by atoms with Crippen LogP contribution < -0.4 is 0 Å². The first-order valence-corrected chi connectivity index (χ1v) is 4.39. The van der Waals surface area contributed by atoms with Crippen LogP contribution >= 0.6 is 0 Å². The number of ether oxygens (including phenoxy) is 1. The van der Waals surface area contributed by atoms with E-state index < -0.39 is 6.10 Å². The van der Waals surface area contributed by atoms with E-state index in [1.807, 2.05) is 6.92 Å². The minimum Gasteiger partial charge on any atom is -0.391 e. The molecule has 1 unspecified atom stereocenters. The molecule has 0 aromatic carbocycles. The summed E-state index contributed by atoms with van der Waals surface area (Å²) in [6.45, 7) is 2.22. The summed E-state index contributed by atoms with van der Waals surface area (Å²) in [5.74, 6) is 0.264. The molecule has 0 saturated carbocycles. The SMILES string of the molecule is CCC(=O)CCCC(O)COC. The summed E-state index contributed by atoms with van der Waals surface area (Å²) >= 11 is 0. The maximum atomic E-state index is 10.8. The molecule has 0 radical (unpaired) electrons. The number of methoxy groups -OCH3 is 1. The highest BCUT2D eigenvalue weighted by atomic mass is 16.5. The van der Waals surface area contributed by atoms with Crippen LogP contribution in [0.25, 0.3) is 0 Å². The molecule has 0 aromatic rings.